The molecule has 29 heavy (non-hydrogen) atoms. The highest BCUT2D eigenvalue weighted by molar-refractivity contribution is 6.00. The number of rotatable bonds is 6. The van der Waals surface area contributed by atoms with Crippen LogP contribution < -0.4 is 20.7 Å². The highest BCUT2D eigenvalue weighted by atomic mass is 16.5. The number of aliphatic imine (C=N–C) groups is 1. The van der Waals surface area contributed by atoms with Crippen molar-refractivity contribution in [3.8, 4) is 11.8 Å². The van der Waals surface area contributed by atoms with E-state index in [1.54, 1.807) is 32.9 Å². The predicted molar refractivity (Wildman–Crippen MR) is 107 cm³/mol. The van der Waals surface area contributed by atoms with Crippen LogP contribution in [0.4, 0.5) is 5.69 Å². The topological polar surface area (TPSA) is 133 Å². The summed E-state index contributed by atoms with van der Waals surface area (Å²) < 4.78 is 5.31. The van der Waals surface area contributed by atoms with Crippen molar-refractivity contribution < 1.29 is 19.1 Å². The van der Waals surface area contributed by atoms with Crippen molar-refractivity contribution >= 4 is 30.1 Å². The molecule has 150 valence electrons. The van der Waals surface area contributed by atoms with Crippen molar-refractivity contribution in [2.45, 2.75) is 26.3 Å². The number of allylic oxidation sites excluding steroid dienone is 2. The molecule has 0 unspecified atom stereocenters. The predicted octanol–water partition coefficient (Wildman–Crippen LogP) is 1.65. The first kappa shape index (κ1) is 21.4. The van der Waals surface area contributed by atoms with Crippen molar-refractivity contribution in [2.24, 2.45) is 4.99 Å². The molecule has 1 aromatic carbocycles. The highest BCUT2D eigenvalue weighted by Crippen LogP contribution is 2.28. The van der Waals surface area contributed by atoms with Crippen LogP contribution in [0, 0.1) is 11.3 Å². The number of amides is 3. The highest BCUT2D eigenvalue weighted by Gasteiger charge is 2.22. The second-order valence-electron chi connectivity index (χ2n) is 6.62. The summed E-state index contributed by atoms with van der Waals surface area (Å²) in [5.74, 6) is -0.920. The van der Waals surface area contributed by atoms with Gasteiger partial charge >= 0.3 is 0 Å². The van der Waals surface area contributed by atoms with Gasteiger partial charge < -0.3 is 20.7 Å². The Morgan fingerprint density at radius 1 is 1.41 bits per heavy atom. The van der Waals surface area contributed by atoms with Gasteiger partial charge in [-0.2, -0.15) is 5.26 Å². The third kappa shape index (κ3) is 5.52. The Morgan fingerprint density at radius 3 is 2.76 bits per heavy atom. The number of nitrogens with zero attached hydrogens (tertiary/aromatic N) is 2. The molecule has 0 spiro atoms. The average Bonchev–Trinajstić information content (AvgIpc) is 2.69. The number of carbonyl (C=O) groups excluding carboxylic acids is 3. The Balaban J connectivity index is 2.16. The largest absolute Gasteiger partial charge is 0.482 e. The molecule has 0 radical (unpaired) electrons. The molecule has 0 fully saturated rings. The van der Waals surface area contributed by atoms with Gasteiger partial charge in [0.25, 0.3) is 17.7 Å². The number of nitriles is 1. The number of anilines is 1. The number of benzene rings is 1. The molecule has 0 aliphatic carbocycles. The van der Waals surface area contributed by atoms with E-state index in [-0.39, 0.29) is 18.2 Å². The van der Waals surface area contributed by atoms with Crippen LogP contribution in [0.25, 0.3) is 0 Å². The van der Waals surface area contributed by atoms with Crippen LogP contribution in [-0.2, 0) is 9.59 Å². The van der Waals surface area contributed by atoms with Crippen LogP contribution in [-0.4, -0.2) is 36.6 Å². The molecule has 0 saturated carbocycles. The van der Waals surface area contributed by atoms with E-state index in [1.807, 2.05) is 6.07 Å². The van der Waals surface area contributed by atoms with E-state index in [9.17, 15) is 14.4 Å². The second kappa shape index (κ2) is 8.84. The number of hydrogen-bond donors (Lipinski definition) is 3. The minimum atomic E-state index is -1.08. The number of fused-ring (bicyclic) bond motifs is 1. The molecule has 1 heterocycles. The maximum Gasteiger partial charge on any atom is 0.271 e. The third-order valence-corrected chi connectivity index (χ3v) is 3.85. The Labute approximate surface area is 168 Å². The van der Waals surface area contributed by atoms with Crippen LogP contribution in [0.15, 0.2) is 46.7 Å². The third-order valence-electron chi connectivity index (χ3n) is 3.85. The van der Waals surface area contributed by atoms with Gasteiger partial charge in [0.05, 0.1) is 11.8 Å². The molecule has 0 atom stereocenters. The van der Waals surface area contributed by atoms with Gasteiger partial charge in [0.1, 0.15) is 17.0 Å². The summed E-state index contributed by atoms with van der Waals surface area (Å²) in [7, 11) is 0. The standard InChI is InChI=1S/C20H21N5O4/c1-5-13(9-15(22-4)19(28)25-20(2,3)11-21)23-18(27)12-6-7-14-16(8-12)29-10-17(26)24-14/h5-9H,4,10H2,1-3H3,(H,23,27)(H,24,26)(H,25,28)/b13-5+,15-9-. The first-order valence-electron chi connectivity index (χ1n) is 8.65. The maximum absolute atomic E-state index is 12.6. The zero-order valence-corrected chi connectivity index (χ0v) is 16.3. The lowest BCUT2D eigenvalue weighted by Crippen LogP contribution is -2.42. The molecular formula is C20H21N5O4. The fourth-order valence-corrected chi connectivity index (χ4v) is 2.32. The Bertz CT molecular complexity index is 970. The molecule has 0 aromatic heterocycles. The minimum absolute atomic E-state index is 0.0572. The minimum Gasteiger partial charge on any atom is -0.482 e. The van der Waals surface area contributed by atoms with Gasteiger partial charge in [-0.3, -0.25) is 19.4 Å². The fourth-order valence-electron chi connectivity index (χ4n) is 2.32. The van der Waals surface area contributed by atoms with Gasteiger partial charge in [0, 0.05) is 11.3 Å². The molecule has 2 rings (SSSR count). The Kier molecular flexibility index (Phi) is 6.51. The smallest absolute Gasteiger partial charge is 0.271 e. The second-order valence-corrected chi connectivity index (χ2v) is 6.62. The Hall–Kier alpha value is -3.93. The number of nitrogens with one attached hydrogen (secondary N) is 3. The van der Waals surface area contributed by atoms with E-state index in [2.05, 4.69) is 27.7 Å². The van der Waals surface area contributed by atoms with Crippen LogP contribution in [0.2, 0.25) is 0 Å². The summed E-state index contributed by atoms with van der Waals surface area (Å²) in [6.07, 6.45) is 2.93. The summed E-state index contributed by atoms with van der Waals surface area (Å²) >= 11 is 0. The monoisotopic (exact) mass is 395 g/mol. The molecule has 0 bridgehead atoms. The molecule has 9 heteroatoms. The number of ether oxygens (including phenoxy) is 1. The average molecular weight is 395 g/mol. The van der Waals surface area contributed by atoms with Gasteiger partial charge in [-0.15, -0.1) is 0 Å². The van der Waals surface area contributed by atoms with Crippen molar-refractivity contribution in [1.29, 1.82) is 5.26 Å². The summed E-state index contributed by atoms with van der Waals surface area (Å²) in [5.41, 5.74) is -0.0409. The van der Waals surface area contributed by atoms with Crippen LogP contribution in [0.5, 0.6) is 5.75 Å². The van der Waals surface area contributed by atoms with Gasteiger partial charge in [-0.25, -0.2) is 0 Å². The zero-order chi connectivity index (χ0) is 21.6. The fraction of sp³-hybridized carbons (Fsp3) is 0.250. The molecule has 1 aliphatic rings. The van der Waals surface area contributed by atoms with E-state index < -0.39 is 17.4 Å². The number of carbonyl (C=O) groups is 3. The lowest BCUT2D eigenvalue weighted by molar-refractivity contribution is -0.119. The van der Waals surface area contributed by atoms with Crippen molar-refractivity contribution in [1.82, 2.24) is 10.6 Å². The lowest BCUT2D eigenvalue weighted by Gasteiger charge is -2.18. The van der Waals surface area contributed by atoms with Crippen molar-refractivity contribution in [2.75, 3.05) is 11.9 Å². The van der Waals surface area contributed by atoms with E-state index >= 15 is 0 Å². The first-order valence-corrected chi connectivity index (χ1v) is 8.65. The van der Waals surface area contributed by atoms with Crippen LogP contribution >= 0.6 is 0 Å². The van der Waals surface area contributed by atoms with Crippen molar-refractivity contribution in [3.63, 3.8) is 0 Å². The summed E-state index contributed by atoms with van der Waals surface area (Å²) in [6.45, 7) is 8.01. The molecule has 1 aromatic rings. The quantitative estimate of drug-likeness (QED) is 0.383. The van der Waals surface area contributed by atoms with E-state index in [0.717, 1.165) is 0 Å². The molecule has 0 saturated heterocycles. The summed E-state index contributed by atoms with van der Waals surface area (Å²) in [6, 6.07) is 6.57. The van der Waals surface area contributed by atoms with Gasteiger partial charge in [0.15, 0.2) is 6.61 Å². The van der Waals surface area contributed by atoms with E-state index in [4.69, 9.17) is 10.00 Å². The van der Waals surface area contributed by atoms with Crippen molar-refractivity contribution in [3.05, 3.63) is 47.3 Å². The molecular weight excluding hydrogens is 374 g/mol. The molecule has 3 N–H and O–H groups in total. The van der Waals surface area contributed by atoms with Gasteiger partial charge in [-0.1, -0.05) is 6.08 Å². The maximum atomic E-state index is 12.6. The summed E-state index contributed by atoms with van der Waals surface area (Å²) in [4.78, 5) is 39.9. The zero-order valence-electron chi connectivity index (χ0n) is 16.3. The van der Waals surface area contributed by atoms with E-state index in [0.29, 0.717) is 22.7 Å². The lowest BCUT2D eigenvalue weighted by atomic mass is 10.1. The molecule has 9 nitrogen and oxygen atoms in total. The van der Waals surface area contributed by atoms with Gasteiger partial charge in [-0.05, 0) is 51.8 Å². The molecule has 3 amide bonds. The normalized spacial score (nSPS) is 13.9. The summed E-state index contributed by atoms with van der Waals surface area (Å²) in [5, 5.41) is 16.9. The first-order chi connectivity index (χ1) is 13.7. The van der Waals surface area contributed by atoms with Crippen LogP contribution in [0.3, 0.4) is 0 Å². The van der Waals surface area contributed by atoms with Gasteiger partial charge in [0.2, 0.25) is 0 Å². The van der Waals surface area contributed by atoms with E-state index in [1.165, 1.54) is 18.2 Å². The Morgan fingerprint density at radius 2 is 2.14 bits per heavy atom. The SMILES string of the molecule is C=N/C(=C\C(=C/C)NC(=O)c1ccc2c(c1)OCC(=O)N2)C(=O)NC(C)(C)C#N. The number of hydrogen-bond acceptors (Lipinski definition) is 6. The molecule has 1 aliphatic heterocycles. The van der Waals surface area contributed by atoms with Crippen LogP contribution in [0.1, 0.15) is 31.1 Å².